The van der Waals surface area contributed by atoms with Crippen LogP contribution >= 0.6 is 0 Å². The lowest BCUT2D eigenvalue weighted by Gasteiger charge is -2.26. The number of Topliss-reactive ketones (excluding diaryl/α,β-unsaturated/α-hetero) is 1. The zero-order valence-electron chi connectivity index (χ0n) is 11.2. The van der Waals surface area contributed by atoms with E-state index >= 15 is 0 Å². The minimum atomic E-state index is -0.998. The van der Waals surface area contributed by atoms with Crippen molar-refractivity contribution < 1.29 is 18.7 Å². The van der Waals surface area contributed by atoms with Crippen molar-refractivity contribution in [3.63, 3.8) is 0 Å². The molecule has 0 aliphatic carbocycles. The minimum absolute atomic E-state index is 0.00662. The molecule has 0 aliphatic rings. The summed E-state index contributed by atoms with van der Waals surface area (Å²) in [5.74, 6) is -0.927. The van der Waals surface area contributed by atoms with Crippen LogP contribution in [-0.4, -0.2) is 25.1 Å². The Morgan fingerprint density at radius 2 is 2.06 bits per heavy atom. The maximum Gasteiger partial charge on any atom is 0.197 e. The number of ketones is 1. The molecule has 0 aromatic heterocycles. The first kappa shape index (κ1) is 14.6. The molecule has 100 valence electrons. The molecule has 1 unspecified atom stereocenters. The van der Waals surface area contributed by atoms with Crippen LogP contribution in [0.2, 0.25) is 0 Å². The Kier molecular flexibility index (Phi) is 4.84. The average Bonchev–Trinajstić information content (AvgIpc) is 2.38. The molecule has 0 radical (unpaired) electrons. The number of rotatable bonds is 6. The van der Waals surface area contributed by atoms with Crippen molar-refractivity contribution in [2.24, 2.45) is 0 Å². The lowest BCUT2D eigenvalue weighted by Crippen LogP contribution is -2.38. The van der Waals surface area contributed by atoms with Crippen LogP contribution in [0.5, 0.6) is 5.75 Å². The van der Waals surface area contributed by atoms with E-state index in [1.807, 2.05) is 13.8 Å². The van der Waals surface area contributed by atoms with Crippen molar-refractivity contribution in [1.82, 2.24) is 0 Å². The summed E-state index contributed by atoms with van der Waals surface area (Å²) in [7, 11) is 1.37. The van der Waals surface area contributed by atoms with Crippen LogP contribution in [0, 0.1) is 5.82 Å². The Bertz CT molecular complexity index is 431. The number of carbonyl (C=O) groups excluding carboxylic acids is 1. The number of benzene rings is 1. The van der Waals surface area contributed by atoms with Gasteiger partial charge in [0.05, 0.1) is 12.7 Å². The van der Waals surface area contributed by atoms with E-state index in [1.165, 1.54) is 19.2 Å². The molecule has 0 bridgehead atoms. The quantitative estimate of drug-likeness (QED) is 0.731. The van der Waals surface area contributed by atoms with Gasteiger partial charge in [-0.1, -0.05) is 13.0 Å². The lowest BCUT2D eigenvalue weighted by atomic mass is 9.91. The summed E-state index contributed by atoms with van der Waals surface area (Å²) in [5, 5.41) is 0. The maximum absolute atomic E-state index is 14.0. The molecule has 0 heterocycles. The van der Waals surface area contributed by atoms with E-state index in [-0.39, 0.29) is 17.1 Å². The molecule has 4 heteroatoms. The second kappa shape index (κ2) is 5.96. The Hall–Kier alpha value is -1.42. The Balaban J connectivity index is 3.17. The summed E-state index contributed by atoms with van der Waals surface area (Å²) in [4.78, 5) is 12.4. The summed E-state index contributed by atoms with van der Waals surface area (Å²) < 4.78 is 24.4. The highest BCUT2D eigenvalue weighted by atomic mass is 19.1. The van der Waals surface area contributed by atoms with Crippen molar-refractivity contribution in [3.05, 3.63) is 29.6 Å². The van der Waals surface area contributed by atoms with Gasteiger partial charge in [0, 0.05) is 6.61 Å². The minimum Gasteiger partial charge on any atom is -0.494 e. The number of hydrogen-bond acceptors (Lipinski definition) is 3. The summed E-state index contributed by atoms with van der Waals surface area (Å²) in [5.41, 5.74) is -0.991. The summed E-state index contributed by atoms with van der Waals surface area (Å²) in [6.07, 6.45) is 0.482. The second-order valence-electron chi connectivity index (χ2n) is 4.17. The van der Waals surface area contributed by atoms with Gasteiger partial charge in [-0.15, -0.1) is 0 Å². The van der Waals surface area contributed by atoms with Crippen LogP contribution in [0.4, 0.5) is 4.39 Å². The standard InChI is InChI=1S/C14H19FO3/c1-5-14(3,18-6-2)13(16)10-8-7-9-11(17-4)12(10)15/h7-9H,5-6H2,1-4H3. The van der Waals surface area contributed by atoms with Crippen LogP contribution in [-0.2, 0) is 4.74 Å². The lowest BCUT2D eigenvalue weighted by molar-refractivity contribution is -0.0119. The van der Waals surface area contributed by atoms with Crippen LogP contribution in [0.1, 0.15) is 37.6 Å². The number of halogens is 1. The van der Waals surface area contributed by atoms with Gasteiger partial charge in [-0.3, -0.25) is 4.79 Å². The van der Waals surface area contributed by atoms with Gasteiger partial charge < -0.3 is 9.47 Å². The fourth-order valence-electron chi connectivity index (χ4n) is 1.78. The van der Waals surface area contributed by atoms with Gasteiger partial charge in [0.1, 0.15) is 5.60 Å². The molecule has 1 aromatic rings. The zero-order valence-corrected chi connectivity index (χ0v) is 11.2. The fourth-order valence-corrected chi connectivity index (χ4v) is 1.78. The van der Waals surface area contributed by atoms with Gasteiger partial charge in [0.25, 0.3) is 0 Å². The monoisotopic (exact) mass is 254 g/mol. The van der Waals surface area contributed by atoms with E-state index in [4.69, 9.17) is 9.47 Å². The Morgan fingerprint density at radius 3 is 2.56 bits per heavy atom. The molecule has 0 amide bonds. The zero-order chi connectivity index (χ0) is 13.8. The maximum atomic E-state index is 14.0. The van der Waals surface area contributed by atoms with Crippen molar-refractivity contribution in [2.45, 2.75) is 32.8 Å². The number of carbonyl (C=O) groups is 1. The third kappa shape index (κ3) is 2.70. The molecule has 0 spiro atoms. The number of ether oxygens (including phenoxy) is 2. The highest BCUT2D eigenvalue weighted by Crippen LogP contribution is 2.27. The topological polar surface area (TPSA) is 35.5 Å². The van der Waals surface area contributed by atoms with Gasteiger partial charge in [-0.25, -0.2) is 4.39 Å². The van der Waals surface area contributed by atoms with E-state index in [1.54, 1.807) is 13.0 Å². The average molecular weight is 254 g/mol. The predicted octanol–water partition coefficient (Wildman–Crippen LogP) is 3.22. The summed E-state index contributed by atoms with van der Waals surface area (Å²) in [6, 6.07) is 4.53. The highest BCUT2D eigenvalue weighted by Gasteiger charge is 2.34. The second-order valence-corrected chi connectivity index (χ2v) is 4.17. The van der Waals surface area contributed by atoms with Crippen molar-refractivity contribution in [1.29, 1.82) is 0 Å². The van der Waals surface area contributed by atoms with E-state index < -0.39 is 11.4 Å². The molecule has 1 atom stereocenters. The van der Waals surface area contributed by atoms with Gasteiger partial charge in [0.2, 0.25) is 0 Å². The van der Waals surface area contributed by atoms with E-state index in [0.717, 1.165) is 0 Å². The molecule has 0 fully saturated rings. The third-order valence-corrected chi connectivity index (χ3v) is 3.05. The Morgan fingerprint density at radius 1 is 1.39 bits per heavy atom. The summed E-state index contributed by atoms with van der Waals surface area (Å²) >= 11 is 0. The van der Waals surface area contributed by atoms with Gasteiger partial charge >= 0.3 is 0 Å². The van der Waals surface area contributed by atoms with Crippen molar-refractivity contribution in [2.75, 3.05) is 13.7 Å². The van der Waals surface area contributed by atoms with E-state index in [9.17, 15) is 9.18 Å². The number of hydrogen-bond donors (Lipinski definition) is 0. The first-order valence-corrected chi connectivity index (χ1v) is 6.01. The Labute approximate surface area is 107 Å². The van der Waals surface area contributed by atoms with Crippen LogP contribution in [0.15, 0.2) is 18.2 Å². The third-order valence-electron chi connectivity index (χ3n) is 3.05. The SMILES string of the molecule is CCOC(C)(CC)C(=O)c1cccc(OC)c1F. The molecule has 0 saturated carbocycles. The van der Waals surface area contributed by atoms with Crippen molar-refractivity contribution in [3.8, 4) is 5.75 Å². The van der Waals surface area contributed by atoms with Crippen LogP contribution in [0.3, 0.4) is 0 Å². The van der Waals surface area contributed by atoms with Crippen LogP contribution < -0.4 is 4.74 Å². The molecule has 18 heavy (non-hydrogen) atoms. The normalized spacial score (nSPS) is 14.1. The van der Waals surface area contributed by atoms with Crippen LogP contribution in [0.25, 0.3) is 0 Å². The molecular weight excluding hydrogens is 235 g/mol. The molecule has 0 saturated heterocycles. The molecular formula is C14H19FO3. The highest BCUT2D eigenvalue weighted by molar-refractivity contribution is 6.02. The first-order chi connectivity index (χ1) is 8.50. The largest absolute Gasteiger partial charge is 0.494 e. The van der Waals surface area contributed by atoms with Crippen molar-refractivity contribution >= 4 is 5.78 Å². The summed E-state index contributed by atoms with van der Waals surface area (Å²) in [6.45, 7) is 5.73. The van der Waals surface area contributed by atoms with E-state index in [2.05, 4.69) is 0 Å². The molecule has 1 aromatic carbocycles. The molecule has 0 N–H and O–H groups in total. The number of methoxy groups -OCH3 is 1. The first-order valence-electron chi connectivity index (χ1n) is 6.01. The van der Waals surface area contributed by atoms with E-state index in [0.29, 0.717) is 13.0 Å². The van der Waals surface area contributed by atoms with Gasteiger partial charge in [0.15, 0.2) is 17.3 Å². The molecule has 1 rings (SSSR count). The smallest absolute Gasteiger partial charge is 0.197 e. The molecule has 0 aliphatic heterocycles. The van der Waals surface area contributed by atoms with Gasteiger partial charge in [-0.2, -0.15) is 0 Å². The van der Waals surface area contributed by atoms with Gasteiger partial charge in [-0.05, 0) is 32.4 Å². The predicted molar refractivity (Wildman–Crippen MR) is 67.6 cm³/mol. The molecule has 3 nitrogen and oxygen atoms in total. The fraction of sp³-hybridized carbons (Fsp3) is 0.500.